The van der Waals surface area contributed by atoms with E-state index in [0.29, 0.717) is 50.8 Å². The number of ether oxygens (including phenoxy) is 1. The summed E-state index contributed by atoms with van der Waals surface area (Å²) in [6, 6.07) is 1.63. The summed E-state index contributed by atoms with van der Waals surface area (Å²) in [5.74, 6) is -3.18. The fourth-order valence-corrected chi connectivity index (χ4v) is 3.17. The molecule has 164 valence electrons. The van der Waals surface area contributed by atoms with E-state index in [-0.39, 0.29) is 23.8 Å². The second-order valence-corrected chi connectivity index (χ2v) is 6.61. The first-order valence-corrected chi connectivity index (χ1v) is 8.88. The Hall–Kier alpha value is -3.16. The molecule has 0 aliphatic carbocycles. The van der Waals surface area contributed by atoms with E-state index in [4.69, 9.17) is 19.5 Å². The van der Waals surface area contributed by atoms with Crippen LogP contribution in [0, 0.1) is 5.92 Å². The van der Waals surface area contributed by atoms with E-state index in [2.05, 4.69) is 15.4 Å². The number of carbonyl (C=O) groups excluding carboxylic acids is 2. The number of aliphatic carboxylic acids is 1. The summed E-state index contributed by atoms with van der Waals surface area (Å²) in [5, 5.41) is 17.6. The first-order chi connectivity index (χ1) is 14.2. The summed E-state index contributed by atoms with van der Waals surface area (Å²) in [6.07, 6.45) is -3.79. The number of aromatic nitrogens is 2. The number of carboxylic acid groups (broad SMARTS) is 1. The van der Waals surface area contributed by atoms with Crippen molar-refractivity contribution >= 4 is 23.5 Å². The number of nitrogens with one attached hydrogen (secondary N) is 1. The molecule has 1 aromatic heterocycles. The molecule has 0 aromatic carbocycles. The molecule has 0 spiro atoms. The van der Waals surface area contributed by atoms with Crippen molar-refractivity contribution in [1.82, 2.24) is 20.0 Å². The number of halogens is 3. The molecule has 0 bridgehead atoms. The zero-order chi connectivity index (χ0) is 21.9. The van der Waals surface area contributed by atoms with E-state index in [1.807, 2.05) is 0 Å². The highest BCUT2D eigenvalue weighted by Crippen LogP contribution is 2.29. The zero-order valence-corrected chi connectivity index (χ0v) is 15.5. The van der Waals surface area contributed by atoms with Gasteiger partial charge in [-0.2, -0.15) is 18.3 Å². The summed E-state index contributed by atoms with van der Waals surface area (Å²) < 4.78 is 37.0. The van der Waals surface area contributed by atoms with E-state index in [1.165, 1.54) is 6.20 Å². The summed E-state index contributed by atoms with van der Waals surface area (Å²) in [6.45, 7) is 3.05. The molecule has 1 aromatic rings. The Morgan fingerprint density at radius 2 is 1.80 bits per heavy atom. The summed E-state index contributed by atoms with van der Waals surface area (Å²) in [5.41, 5.74) is 0.847. The molecule has 11 nitrogen and oxygen atoms in total. The number of rotatable bonds is 2. The van der Waals surface area contributed by atoms with Crippen LogP contribution in [-0.4, -0.2) is 100 Å². The van der Waals surface area contributed by atoms with Gasteiger partial charge in [-0.05, 0) is 6.07 Å². The van der Waals surface area contributed by atoms with Crippen LogP contribution in [0.4, 0.5) is 13.2 Å². The van der Waals surface area contributed by atoms with Crippen LogP contribution in [0.5, 0.6) is 0 Å². The normalized spacial score (nSPS) is 23.1. The molecule has 2 fully saturated rings. The highest BCUT2D eigenvalue weighted by atomic mass is 19.4. The van der Waals surface area contributed by atoms with Crippen molar-refractivity contribution < 1.29 is 42.2 Å². The van der Waals surface area contributed by atoms with Gasteiger partial charge in [0.1, 0.15) is 5.69 Å². The van der Waals surface area contributed by atoms with Crippen molar-refractivity contribution in [3.05, 3.63) is 18.0 Å². The van der Waals surface area contributed by atoms with Crippen LogP contribution in [0.1, 0.15) is 10.5 Å². The molecular weight excluding hydrogens is 415 g/mol. The number of H-pyrrole nitrogens is 1. The molecule has 4 heterocycles. The quantitative estimate of drug-likeness (QED) is 0.655. The van der Waals surface area contributed by atoms with E-state index in [9.17, 15) is 22.8 Å². The summed E-state index contributed by atoms with van der Waals surface area (Å²) in [7, 11) is 0. The molecule has 0 unspecified atom stereocenters. The third kappa shape index (κ3) is 4.69. The second-order valence-electron chi connectivity index (χ2n) is 6.61. The monoisotopic (exact) mass is 433 g/mol. The fourth-order valence-electron chi connectivity index (χ4n) is 3.17. The molecule has 2 N–H and O–H groups in total. The molecule has 0 saturated carbocycles. The molecule has 14 heteroatoms. The topological polar surface area (TPSA) is 137 Å². The van der Waals surface area contributed by atoms with E-state index >= 15 is 0 Å². The molecule has 2 saturated heterocycles. The fraction of sp³-hybridized carbons (Fsp3) is 0.562. The highest BCUT2D eigenvalue weighted by Gasteiger charge is 2.47. The van der Waals surface area contributed by atoms with Gasteiger partial charge in [-0.15, -0.1) is 0 Å². The molecule has 4 rings (SSSR count). The van der Waals surface area contributed by atoms with Crippen LogP contribution in [0.25, 0.3) is 0 Å². The van der Waals surface area contributed by atoms with Crippen molar-refractivity contribution in [3.8, 4) is 0 Å². The minimum absolute atomic E-state index is 0.114. The van der Waals surface area contributed by atoms with Gasteiger partial charge in [-0.3, -0.25) is 14.7 Å². The highest BCUT2D eigenvalue weighted by molar-refractivity contribution is 6.40. The predicted octanol–water partition coefficient (Wildman–Crippen LogP) is -0.271. The maximum absolute atomic E-state index is 12.6. The Kier molecular flexibility index (Phi) is 6.24. The van der Waals surface area contributed by atoms with Crippen LogP contribution < -0.4 is 0 Å². The number of aromatic amines is 1. The number of hydrogen-bond acceptors (Lipinski definition) is 7. The van der Waals surface area contributed by atoms with Gasteiger partial charge in [0, 0.05) is 25.8 Å². The van der Waals surface area contributed by atoms with Gasteiger partial charge in [0.25, 0.3) is 11.8 Å². The minimum atomic E-state index is -5.08. The molecule has 30 heavy (non-hydrogen) atoms. The zero-order valence-electron chi connectivity index (χ0n) is 15.5. The lowest BCUT2D eigenvalue weighted by Crippen LogP contribution is -2.46. The number of carbonyl (C=O) groups is 3. The lowest BCUT2D eigenvalue weighted by atomic mass is 10.00. The van der Waals surface area contributed by atoms with Gasteiger partial charge in [0.15, 0.2) is 11.8 Å². The lowest BCUT2D eigenvalue weighted by Gasteiger charge is -2.27. The average molecular weight is 433 g/mol. The molecule has 2 atom stereocenters. The van der Waals surface area contributed by atoms with Crippen LogP contribution in [0.2, 0.25) is 0 Å². The van der Waals surface area contributed by atoms with Crippen LogP contribution in [-0.2, 0) is 19.2 Å². The number of nitrogens with zero attached hydrogens (tertiary/aromatic N) is 4. The summed E-state index contributed by atoms with van der Waals surface area (Å²) >= 11 is 0. The number of amides is 2. The maximum Gasteiger partial charge on any atom is 0.490 e. The predicted molar refractivity (Wildman–Crippen MR) is 91.4 cm³/mol. The molecule has 3 aliphatic heterocycles. The van der Waals surface area contributed by atoms with Crippen molar-refractivity contribution in [2.24, 2.45) is 11.1 Å². The van der Waals surface area contributed by atoms with E-state index < -0.39 is 12.1 Å². The molecule has 3 aliphatic rings. The van der Waals surface area contributed by atoms with Crippen LogP contribution in [0.3, 0.4) is 0 Å². The minimum Gasteiger partial charge on any atom is -0.475 e. The van der Waals surface area contributed by atoms with Crippen molar-refractivity contribution in [2.75, 3.05) is 39.4 Å². The number of oxime groups is 1. The maximum atomic E-state index is 12.6. The Morgan fingerprint density at radius 3 is 2.37 bits per heavy atom. The first-order valence-electron chi connectivity index (χ1n) is 8.88. The summed E-state index contributed by atoms with van der Waals surface area (Å²) in [4.78, 5) is 42.6. The number of alkyl halides is 3. The number of fused-ring (bicyclic) bond motifs is 1. The smallest absolute Gasteiger partial charge is 0.475 e. The Bertz CT molecular complexity index is 822. The number of carboxylic acids is 1. The number of likely N-dealkylation sites (tertiary alicyclic amines) is 1. The van der Waals surface area contributed by atoms with E-state index in [0.717, 1.165) is 0 Å². The van der Waals surface area contributed by atoms with Crippen molar-refractivity contribution in [2.45, 2.75) is 12.3 Å². The molecule has 0 radical (unpaired) electrons. The molecular formula is C16H18F3N5O6. The van der Waals surface area contributed by atoms with Gasteiger partial charge in [0.2, 0.25) is 0 Å². The first kappa shape index (κ1) is 21.5. The van der Waals surface area contributed by atoms with E-state index in [1.54, 1.807) is 15.9 Å². The molecule has 2 amide bonds. The second kappa shape index (κ2) is 8.69. The third-order valence-electron chi connectivity index (χ3n) is 4.68. The largest absolute Gasteiger partial charge is 0.490 e. The Labute approximate surface area is 167 Å². The van der Waals surface area contributed by atoms with Gasteiger partial charge in [0.05, 0.1) is 25.7 Å². The Morgan fingerprint density at radius 1 is 1.13 bits per heavy atom. The Balaban J connectivity index is 0.000000318. The lowest BCUT2D eigenvalue weighted by molar-refractivity contribution is -0.192. The average Bonchev–Trinajstić information content (AvgIpc) is 3.44. The van der Waals surface area contributed by atoms with Gasteiger partial charge in [-0.1, -0.05) is 5.16 Å². The number of morpholine rings is 1. The van der Waals surface area contributed by atoms with Crippen LogP contribution in [0.15, 0.2) is 17.4 Å². The standard InChI is InChI=1S/C14H17N5O4.C2HF3O2/c20-13(10-1-2-15-16-10)19-7-9-11(8-19)23-17-12(9)14(21)18-3-5-22-6-4-18;3-2(4,5)1(6)7/h1-2,9,11H,3-8H2,(H,15,16);(H,6,7)/t9-,11+;/m0./s1. The van der Waals surface area contributed by atoms with Crippen molar-refractivity contribution in [1.29, 1.82) is 0 Å². The van der Waals surface area contributed by atoms with Gasteiger partial charge < -0.3 is 24.5 Å². The van der Waals surface area contributed by atoms with Crippen molar-refractivity contribution in [3.63, 3.8) is 0 Å². The van der Waals surface area contributed by atoms with Crippen LogP contribution >= 0.6 is 0 Å². The van der Waals surface area contributed by atoms with Gasteiger partial charge >= 0.3 is 12.1 Å². The number of hydrogen-bond donors (Lipinski definition) is 2. The third-order valence-corrected chi connectivity index (χ3v) is 4.68. The SMILES string of the molecule is O=C(C1=NO[C@@H]2CN(C(=O)c3ccn[nH]3)C[C@H]12)N1CCOCC1.O=C(O)C(F)(F)F. The van der Waals surface area contributed by atoms with Gasteiger partial charge in [-0.25, -0.2) is 4.79 Å².